The molecule has 52 heavy (non-hydrogen) atoms. The van der Waals surface area contributed by atoms with E-state index in [1.165, 1.54) is 6.20 Å². The van der Waals surface area contributed by atoms with Crippen LogP contribution in [-0.2, 0) is 16.1 Å². The van der Waals surface area contributed by atoms with Gasteiger partial charge in [0.15, 0.2) is 0 Å². The molecule has 0 saturated heterocycles. The fourth-order valence-corrected chi connectivity index (χ4v) is 6.20. The minimum atomic E-state index is -1.19. The quantitative estimate of drug-likeness (QED) is 0.0473. The monoisotopic (exact) mass is 828 g/mol. The number of carboxylic acids is 2. The summed E-state index contributed by atoms with van der Waals surface area (Å²) in [5.41, 5.74) is 5.67. The van der Waals surface area contributed by atoms with Crippen LogP contribution in [-0.4, -0.2) is 75.0 Å². The number of rotatable bonds is 13. The number of aromatic nitrogens is 5. The number of phenolic OH excluding ortho intramolecular Hbond substituents is 2. The number of aromatic amines is 1. The zero-order valence-electron chi connectivity index (χ0n) is 25.4. The molecule has 2 aromatic carbocycles. The second-order valence-electron chi connectivity index (χ2n) is 10.4. The van der Waals surface area contributed by atoms with Crippen molar-refractivity contribution in [1.29, 1.82) is 5.53 Å². The van der Waals surface area contributed by atoms with E-state index in [9.17, 15) is 29.4 Å². The van der Waals surface area contributed by atoms with Crippen LogP contribution in [0.5, 0.6) is 11.5 Å². The van der Waals surface area contributed by atoms with Crippen molar-refractivity contribution in [2.75, 3.05) is 6.54 Å². The molecule has 3 heterocycles. The molecule has 0 spiro atoms. The predicted octanol–water partition coefficient (Wildman–Crippen LogP) is 6.95. The van der Waals surface area contributed by atoms with Crippen LogP contribution in [0.4, 0.5) is 0 Å². The second kappa shape index (κ2) is 15.2. The number of aromatic hydroxyl groups is 2. The first-order valence-electron chi connectivity index (χ1n) is 14.0. The van der Waals surface area contributed by atoms with Gasteiger partial charge in [0.2, 0.25) is 11.6 Å². The third-order valence-electron chi connectivity index (χ3n) is 7.11. The Balaban J connectivity index is 1.58. The minimum Gasteiger partial charge on any atom is -0.507 e. The highest BCUT2D eigenvalue weighted by Crippen LogP contribution is 2.42. The molecular formula is C30H18Cl6N8O8. The van der Waals surface area contributed by atoms with E-state index in [0.717, 1.165) is 45.8 Å². The summed E-state index contributed by atoms with van der Waals surface area (Å²) in [6, 6.07) is 5.44. The molecular weight excluding hydrogens is 813 g/mol. The number of phenols is 2. The number of nitrogens with zero attached hydrogens (tertiary/aromatic N) is 5. The van der Waals surface area contributed by atoms with Crippen LogP contribution in [0.3, 0.4) is 0 Å². The van der Waals surface area contributed by atoms with Gasteiger partial charge in [-0.05, 0) is 30.3 Å². The summed E-state index contributed by atoms with van der Waals surface area (Å²) in [4.78, 5) is 52.5. The molecule has 0 aliphatic rings. The number of benzene rings is 2. The van der Waals surface area contributed by atoms with E-state index >= 15 is 0 Å². The van der Waals surface area contributed by atoms with Crippen LogP contribution in [0, 0.1) is 5.53 Å². The molecule has 7 N–H and O–H groups in total. The summed E-state index contributed by atoms with van der Waals surface area (Å²) >= 11 is 38.6. The van der Waals surface area contributed by atoms with Gasteiger partial charge in [0.1, 0.15) is 57.0 Å². The molecule has 5 rings (SSSR count). The highest BCUT2D eigenvalue weighted by molar-refractivity contribution is 6.45. The molecule has 3 aromatic heterocycles. The Morgan fingerprint density at radius 2 is 1.52 bits per heavy atom. The molecule has 0 saturated carbocycles. The number of hydrogen-bond donors (Lipinski definition) is 7. The zero-order valence-corrected chi connectivity index (χ0v) is 29.9. The molecule has 5 aromatic rings. The molecule has 0 amide bonds. The first kappa shape index (κ1) is 38.1. The second-order valence-corrected chi connectivity index (χ2v) is 12.8. The van der Waals surface area contributed by atoms with E-state index in [1.807, 2.05) is 0 Å². The van der Waals surface area contributed by atoms with Gasteiger partial charge in [0.25, 0.3) is 0 Å². The van der Waals surface area contributed by atoms with Crippen LogP contribution in [0.1, 0.15) is 37.7 Å². The minimum absolute atomic E-state index is 0.0335. The summed E-state index contributed by atoms with van der Waals surface area (Å²) in [5.74, 6) is -5.48. The van der Waals surface area contributed by atoms with Crippen molar-refractivity contribution in [2.24, 2.45) is 5.11 Å². The summed E-state index contributed by atoms with van der Waals surface area (Å²) in [6.07, 6.45) is 2.35. The molecule has 0 radical (unpaired) electrons. The summed E-state index contributed by atoms with van der Waals surface area (Å²) in [7, 11) is 0. The maximum atomic E-state index is 14.0. The van der Waals surface area contributed by atoms with Crippen LogP contribution in [0.25, 0.3) is 22.6 Å². The van der Waals surface area contributed by atoms with Crippen molar-refractivity contribution in [3.8, 4) is 28.4 Å². The number of hydrogen-bond acceptors (Lipinski definition) is 11. The van der Waals surface area contributed by atoms with E-state index < -0.39 is 59.4 Å². The molecule has 0 bridgehead atoms. The molecule has 0 fully saturated rings. The van der Waals surface area contributed by atoms with Crippen molar-refractivity contribution in [3.05, 3.63) is 101 Å². The highest BCUT2D eigenvalue weighted by Gasteiger charge is 2.32. The first-order valence-corrected chi connectivity index (χ1v) is 16.2. The third-order valence-corrected chi connectivity index (χ3v) is 9.24. The van der Waals surface area contributed by atoms with Crippen LogP contribution in [0.2, 0.25) is 30.4 Å². The average molecular weight is 831 g/mol. The topological polar surface area (TPSA) is 249 Å². The lowest BCUT2D eigenvalue weighted by atomic mass is 10.0. The SMILES string of the molecule is N=N/C(=C\NCC(=O)O)c1cc(O)c(C(=O)c2[nH]c(Cl)c(Cl)c2-n2c(C(=O)c3cc(Cl)c(-c4cn(CC(=O)O)nn4)cc3O)cc(Cl)c2Cl)cc1Cl. The largest absolute Gasteiger partial charge is 0.507 e. The van der Waals surface area contributed by atoms with Gasteiger partial charge in [-0.15, -0.1) is 5.10 Å². The van der Waals surface area contributed by atoms with Gasteiger partial charge in [-0.2, -0.15) is 5.11 Å². The Kier molecular flexibility index (Phi) is 11.2. The van der Waals surface area contributed by atoms with Gasteiger partial charge in [-0.1, -0.05) is 74.8 Å². The van der Waals surface area contributed by atoms with Crippen molar-refractivity contribution in [2.45, 2.75) is 6.54 Å². The number of nitrogens with one attached hydrogen (secondary N) is 3. The summed E-state index contributed by atoms with van der Waals surface area (Å²) in [5, 5.41) is 51.6. The van der Waals surface area contributed by atoms with Crippen molar-refractivity contribution in [3.63, 3.8) is 0 Å². The Bertz CT molecular complexity index is 2370. The molecule has 0 aliphatic heterocycles. The molecule has 16 nitrogen and oxygen atoms in total. The van der Waals surface area contributed by atoms with E-state index in [-0.39, 0.29) is 69.9 Å². The Morgan fingerprint density at radius 1 is 0.865 bits per heavy atom. The lowest BCUT2D eigenvalue weighted by Crippen LogP contribution is -2.17. The summed E-state index contributed by atoms with van der Waals surface area (Å²) < 4.78 is 2.02. The number of carboxylic acid groups (broad SMARTS) is 2. The van der Waals surface area contributed by atoms with E-state index in [4.69, 9.17) is 85.3 Å². The molecule has 0 atom stereocenters. The van der Waals surface area contributed by atoms with Gasteiger partial charge in [0.05, 0.1) is 43.8 Å². The molecule has 268 valence electrons. The van der Waals surface area contributed by atoms with Gasteiger partial charge in [0, 0.05) is 17.3 Å². The third kappa shape index (κ3) is 7.43. The number of aliphatic carboxylic acids is 2. The van der Waals surface area contributed by atoms with E-state index in [1.54, 1.807) is 0 Å². The van der Waals surface area contributed by atoms with Gasteiger partial charge < -0.3 is 30.7 Å². The van der Waals surface area contributed by atoms with Crippen molar-refractivity contribution < 1.29 is 39.6 Å². The standard InChI is InChI=1S/C30H18Cl6N8O8/c31-14-2-13(21(46)3-10(14)17(40-37)6-38-7-22(47)48)28(52)25-26(24(34)29(35)39-25)44-19(5-16(33)30(44)36)27(51)12-1-15(32)11(4-20(12)45)18-8-43(42-41-18)9-23(49)50/h1-6,8,37-39,45-46H,7,9H2,(H,47,48)(H,49,50)/b17-6-,40-37?. The van der Waals surface area contributed by atoms with Gasteiger partial charge in [-0.3, -0.25) is 23.7 Å². The van der Waals surface area contributed by atoms with E-state index in [0.29, 0.717) is 0 Å². The molecule has 0 aliphatic carbocycles. The van der Waals surface area contributed by atoms with Crippen LogP contribution < -0.4 is 5.32 Å². The fraction of sp³-hybridized carbons (Fsp3) is 0.0667. The normalized spacial score (nSPS) is 11.5. The smallest absolute Gasteiger partial charge is 0.325 e. The number of ketones is 2. The first-order chi connectivity index (χ1) is 24.5. The number of halogens is 6. The zero-order chi connectivity index (χ0) is 38.2. The van der Waals surface area contributed by atoms with Gasteiger partial charge in [-0.25, -0.2) is 10.2 Å². The van der Waals surface area contributed by atoms with Crippen LogP contribution in [0.15, 0.2) is 47.8 Å². The Hall–Kier alpha value is -5.10. The van der Waals surface area contributed by atoms with Crippen LogP contribution >= 0.6 is 69.6 Å². The number of H-pyrrole nitrogens is 1. The maximum absolute atomic E-state index is 14.0. The lowest BCUT2D eigenvalue weighted by Gasteiger charge is -2.14. The Morgan fingerprint density at radius 3 is 2.17 bits per heavy atom. The van der Waals surface area contributed by atoms with Crippen molar-refractivity contribution in [1.82, 2.24) is 29.9 Å². The van der Waals surface area contributed by atoms with Gasteiger partial charge >= 0.3 is 11.9 Å². The number of carbonyl (C=O) groups excluding carboxylic acids is 2. The fourth-order valence-electron chi connectivity index (χ4n) is 4.85. The molecule has 0 unspecified atom stereocenters. The highest BCUT2D eigenvalue weighted by atomic mass is 35.5. The Labute approximate surface area is 320 Å². The maximum Gasteiger partial charge on any atom is 0.325 e. The van der Waals surface area contributed by atoms with E-state index in [2.05, 4.69) is 25.7 Å². The number of carbonyl (C=O) groups is 4. The average Bonchev–Trinajstić information content (AvgIpc) is 3.75. The summed E-state index contributed by atoms with van der Waals surface area (Å²) in [6.45, 7) is -1.00. The predicted molar refractivity (Wildman–Crippen MR) is 189 cm³/mol. The molecule has 22 heteroatoms. The van der Waals surface area contributed by atoms with Crippen molar-refractivity contribution >= 4 is 98.8 Å². The lowest BCUT2D eigenvalue weighted by molar-refractivity contribution is -0.138.